The number of hydrogen-bond acceptors (Lipinski definition) is 4. The van der Waals surface area contributed by atoms with Crippen molar-refractivity contribution in [2.24, 2.45) is 11.5 Å². The minimum Gasteiger partial charge on any atom is -0.368 e. The lowest BCUT2D eigenvalue weighted by Gasteiger charge is -2.18. The Kier molecular flexibility index (Phi) is 2.70. The second-order valence-corrected chi connectivity index (χ2v) is 5.19. The lowest BCUT2D eigenvalue weighted by Crippen LogP contribution is -2.50. The van der Waals surface area contributed by atoms with Crippen LogP contribution in [0, 0.1) is 0 Å². The van der Waals surface area contributed by atoms with Crippen molar-refractivity contribution in [2.45, 2.75) is 35.2 Å². The van der Waals surface area contributed by atoms with Gasteiger partial charge in [0.1, 0.15) is 0 Å². The van der Waals surface area contributed by atoms with E-state index in [1.54, 1.807) is 24.2 Å². The molecular weight excluding hydrogens is 212 g/mol. The molecule has 2 rings (SSSR count). The summed E-state index contributed by atoms with van der Waals surface area (Å²) in [6.45, 7) is 0. The second kappa shape index (κ2) is 3.86. The maximum absolute atomic E-state index is 11.1. The third kappa shape index (κ3) is 2.15. The van der Waals surface area contributed by atoms with Crippen LogP contribution in [-0.2, 0) is 4.79 Å². The van der Waals surface area contributed by atoms with Gasteiger partial charge in [-0.15, -0.1) is 0 Å². The van der Waals surface area contributed by atoms with E-state index in [-0.39, 0.29) is 0 Å². The van der Waals surface area contributed by atoms with E-state index in [0.29, 0.717) is 18.1 Å². The van der Waals surface area contributed by atoms with E-state index in [4.69, 9.17) is 11.5 Å². The molecule has 1 fully saturated rings. The Morgan fingerprint density at radius 3 is 3.07 bits per heavy atom. The van der Waals surface area contributed by atoms with Gasteiger partial charge in [0.05, 0.1) is 5.54 Å². The zero-order chi connectivity index (χ0) is 10.9. The highest BCUT2D eigenvalue weighted by molar-refractivity contribution is 7.99. The molecule has 5 nitrogen and oxygen atoms in total. The summed E-state index contributed by atoms with van der Waals surface area (Å²) in [6.07, 6.45) is 5.70. The first kappa shape index (κ1) is 10.5. The highest BCUT2D eigenvalue weighted by atomic mass is 32.2. The van der Waals surface area contributed by atoms with Crippen LogP contribution in [0.5, 0.6) is 0 Å². The normalized spacial score (nSPS) is 30.6. The molecule has 0 radical (unpaired) electrons. The number of carbonyl (C=O) groups is 1. The van der Waals surface area contributed by atoms with Crippen LogP contribution >= 0.6 is 11.8 Å². The number of hydrogen-bond donors (Lipinski definition) is 3. The van der Waals surface area contributed by atoms with Crippen molar-refractivity contribution in [3.8, 4) is 0 Å². The summed E-state index contributed by atoms with van der Waals surface area (Å²) in [5.74, 6) is -0.398. The van der Waals surface area contributed by atoms with Crippen molar-refractivity contribution in [3.05, 3.63) is 12.4 Å². The Labute approximate surface area is 92.0 Å². The average Bonchev–Trinajstić information content (AvgIpc) is 2.77. The minimum absolute atomic E-state index is 0.327. The molecule has 1 amide bonds. The smallest absolute Gasteiger partial charge is 0.237 e. The summed E-state index contributed by atoms with van der Waals surface area (Å²) < 4.78 is 0. The summed E-state index contributed by atoms with van der Waals surface area (Å²) >= 11 is 1.62. The van der Waals surface area contributed by atoms with Crippen LogP contribution in [0.2, 0.25) is 0 Å². The first-order chi connectivity index (χ1) is 7.10. The molecule has 1 aliphatic carbocycles. The van der Waals surface area contributed by atoms with Gasteiger partial charge in [-0.05, 0) is 19.3 Å². The van der Waals surface area contributed by atoms with Crippen LogP contribution < -0.4 is 11.5 Å². The number of nitrogens with one attached hydrogen (secondary N) is 1. The number of primary amides is 1. The van der Waals surface area contributed by atoms with Gasteiger partial charge in [-0.1, -0.05) is 11.8 Å². The number of aromatic nitrogens is 2. The van der Waals surface area contributed by atoms with Crippen LogP contribution in [-0.4, -0.2) is 26.7 Å². The summed E-state index contributed by atoms with van der Waals surface area (Å²) in [4.78, 5) is 18.3. The average molecular weight is 226 g/mol. The van der Waals surface area contributed by atoms with Crippen LogP contribution in [0.15, 0.2) is 17.6 Å². The number of carbonyl (C=O) groups excluding carboxylic acids is 1. The summed E-state index contributed by atoms with van der Waals surface area (Å²) in [6, 6.07) is 0. The summed E-state index contributed by atoms with van der Waals surface area (Å²) in [5.41, 5.74) is 10.4. The predicted molar refractivity (Wildman–Crippen MR) is 58.2 cm³/mol. The van der Waals surface area contributed by atoms with Crippen molar-refractivity contribution in [2.75, 3.05) is 0 Å². The molecule has 0 aliphatic heterocycles. The van der Waals surface area contributed by atoms with Crippen LogP contribution in [0.3, 0.4) is 0 Å². The first-order valence-electron chi connectivity index (χ1n) is 4.85. The fraction of sp³-hybridized carbons (Fsp3) is 0.556. The number of nitrogens with two attached hydrogens (primary N) is 2. The van der Waals surface area contributed by atoms with E-state index in [1.165, 1.54) is 0 Å². The lowest BCUT2D eigenvalue weighted by atomic mass is 9.99. The number of nitrogens with zero attached hydrogens (tertiary/aromatic N) is 1. The molecule has 0 spiro atoms. The van der Waals surface area contributed by atoms with E-state index in [0.717, 1.165) is 11.6 Å². The van der Waals surface area contributed by atoms with Crippen molar-refractivity contribution in [1.82, 2.24) is 9.97 Å². The molecule has 1 heterocycles. The standard InChI is InChI=1S/C9H14N4OS/c10-7(14)9(11)2-1-6(5-9)15-8-12-3-4-13-8/h3-4,6H,1-2,5,11H2,(H2,10,14)(H,12,13). The Balaban J connectivity index is 1.96. The van der Waals surface area contributed by atoms with E-state index in [9.17, 15) is 4.79 Å². The third-order valence-corrected chi connectivity index (χ3v) is 3.93. The molecule has 0 saturated heterocycles. The predicted octanol–water partition coefficient (Wildman–Crippen LogP) is 0.237. The largest absolute Gasteiger partial charge is 0.368 e. The van der Waals surface area contributed by atoms with Gasteiger partial charge in [0.15, 0.2) is 5.16 Å². The fourth-order valence-electron chi connectivity index (χ4n) is 1.83. The quantitative estimate of drug-likeness (QED) is 0.687. The molecule has 5 N–H and O–H groups in total. The van der Waals surface area contributed by atoms with Crippen LogP contribution in [0.4, 0.5) is 0 Å². The third-order valence-electron chi connectivity index (χ3n) is 2.75. The maximum Gasteiger partial charge on any atom is 0.237 e. The number of rotatable bonds is 3. The molecule has 82 valence electrons. The first-order valence-corrected chi connectivity index (χ1v) is 5.73. The lowest BCUT2D eigenvalue weighted by molar-refractivity contribution is -0.122. The van der Waals surface area contributed by atoms with Gasteiger partial charge in [-0.2, -0.15) is 0 Å². The zero-order valence-electron chi connectivity index (χ0n) is 8.27. The molecule has 1 saturated carbocycles. The Morgan fingerprint density at radius 1 is 1.73 bits per heavy atom. The van der Waals surface area contributed by atoms with E-state index in [2.05, 4.69) is 9.97 Å². The highest BCUT2D eigenvalue weighted by Crippen LogP contribution is 2.37. The minimum atomic E-state index is -0.815. The fourth-order valence-corrected chi connectivity index (χ4v) is 3.02. The number of thioether (sulfide) groups is 1. The van der Waals surface area contributed by atoms with Gasteiger partial charge in [0.25, 0.3) is 0 Å². The van der Waals surface area contributed by atoms with Crippen molar-refractivity contribution in [1.29, 1.82) is 0 Å². The van der Waals surface area contributed by atoms with Gasteiger partial charge in [-0.25, -0.2) is 4.98 Å². The van der Waals surface area contributed by atoms with Crippen LogP contribution in [0.25, 0.3) is 0 Å². The topological polar surface area (TPSA) is 97.8 Å². The number of amides is 1. The SMILES string of the molecule is NC(=O)C1(N)CCC(Sc2ncc[nH]2)C1. The van der Waals surface area contributed by atoms with Crippen molar-refractivity contribution < 1.29 is 4.79 Å². The molecular formula is C9H14N4OS. The molecule has 0 aromatic carbocycles. The number of imidazole rings is 1. The van der Waals surface area contributed by atoms with Gasteiger partial charge in [-0.3, -0.25) is 4.79 Å². The molecule has 1 aromatic rings. The Hall–Kier alpha value is -1.01. The number of aromatic amines is 1. The van der Waals surface area contributed by atoms with E-state index >= 15 is 0 Å². The monoisotopic (exact) mass is 226 g/mol. The molecule has 0 bridgehead atoms. The van der Waals surface area contributed by atoms with Gasteiger partial charge in [0, 0.05) is 17.6 Å². The molecule has 1 aliphatic rings. The van der Waals surface area contributed by atoms with Crippen molar-refractivity contribution in [3.63, 3.8) is 0 Å². The van der Waals surface area contributed by atoms with E-state index in [1.807, 2.05) is 0 Å². The molecule has 2 unspecified atom stereocenters. The molecule has 15 heavy (non-hydrogen) atoms. The summed E-state index contributed by atoms with van der Waals surface area (Å²) in [5, 5.41) is 1.20. The van der Waals surface area contributed by atoms with Crippen molar-refractivity contribution >= 4 is 17.7 Å². The van der Waals surface area contributed by atoms with Crippen LogP contribution in [0.1, 0.15) is 19.3 Å². The molecule has 6 heteroatoms. The Morgan fingerprint density at radius 2 is 2.53 bits per heavy atom. The van der Waals surface area contributed by atoms with Gasteiger partial charge >= 0.3 is 0 Å². The number of H-pyrrole nitrogens is 1. The molecule has 2 atom stereocenters. The Bertz CT molecular complexity index is 353. The maximum atomic E-state index is 11.1. The molecule has 1 aromatic heterocycles. The van der Waals surface area contributed by atoms with E-state index < -0.39 is 11.4 Å². The van der Waals surface area contributed by atoms with Gasteiger partial charge in [0.2, 0.25) is 5.91 Å². The zero-order valence-corrected chi connectivity index (χ0v) is 9.09. The highest BCUT2D eigenvalue weighted by Gasteiger charge is 2.41. The summed E-state index contributed by atoms with van der Waals surface area (Å²) in [7, 11) is 0. The second-order valence-electron chi connectivity index (χ2n) is 3.90. The van der Waals surface area contributed by atoms with Gasteiger partial charge < -0.3 is 16.5 Å².